The molecule has 7 nitrogen and oxygen atoms in total. The fourth-order valence-corrected chi connectivity index (χ4v) is 2.44. The van der Waals surface area contributed by atoms with Crippen LogP contribution in [-0.2, 0) is 0 Å². The Morgan fingerprint density at radius 2 is 2.40 bits per heavy atom. The first kappa shape index (κ1) is 12.9. The van der Waals surface area contributed by atoms with Crippen LogP contribution in [0.2, 0.25) is 0 Å². The summed E-state index contributed by atoms with van der Waals surface area (Å²) in [5.41, 5.74) is 1.81. The van der Waals surface area contributed by atoms with Crippen LogP contribution in [0.3, 0.4) is 0 Å². The molecule has 0 atom stereocenters. The molecular weight excluding hydrogens is 256 g/mol. The second kappa shape index (κ2) is 5.46. The van der Waals surface area contributed by atoms with Gasteiger partial charge in [0.2, 0.25) is 0 Å². The van der Waals surface area contributed by atoms with E-state index in [4.69, 9.17) is 0 Å². The van der Waals surface area contributed by atoms with Gasteiger partial charge in [-0.25, -0.2) is 19.3 Å². The van der Waals surface area contributed by atoms with Crippen molar-refractivity contribution in [1.82, 2.24) is 24.9 Å². The standard InChI is InChI=1S/C13H18N6O/c1-9-16-11(8-12-17-18-13(20)19(9)12)15-7-4-10-2-5-14-6-3-10/h2,8,14-15H,3-7H2,1H3,(H,18,20). The van der Waals surface area contributed by atoms with Crippen LogP contribution in [0, 0.1) is 6.92 Å². The van der Waals surface area contributed by atoms with Gasteiger partial charge >= 0.3 is 5.69 Å². The first-order valence-electron chi connectivity index (χ1n) is 6.81. The quantitative estimate of drug-likeness (QED) is 0.705. The lowest BCUT2D eigenvalue weighted by atomic mass is 10.1. The Morgan fingerprint density at radius 1 is 1.50 bits per heavy atom. The van der Waals surface area contributed by atoms with Crippen LogP contribution in [0.15, 0.2) is 22.5 Å². The second-order valence-electron chi connectivity index (χ2n) is 4.90. The van der Waals surface area contributed by atoms with Crippen LogP contribution in [0.5, 0.6) is 0 Å². The smallest absolute Gasteiger partial charge is 0.349 e. The molecule has 3 rings (SSSR count). The summed E-state index contributed by atoms with van der Waals surface area (Å²) in [6.45, 7) is 4.66. The highest BCUT2D eigenvalue weighted by atomic mass is 16.1. The van der Waals surface area contributed by atoms with Gasteiger partial charge in [-0.15, -0.1) is 0 Å². The average Bonchev–Trinajstić information content (AvgIpc) is 2.82. The van der Waals surface area contributed by atoms with Gasteiger partial charge in [0.15, 0.2) is 5.65 Å². The van der Waals surface area contributed by atoms with E-state index in [0.29, 0.717) is 11.5 Å². The van der Waals surface area contributed by atoms with Gasteiger partial charge in [-0.2, -0.15) is 5.10 Å². The van der Waals surface area contributed by atoms with Crippen LogP contribution >= 0.6 is 0 Å². The molecule has 1 aliphatic rings. The van der Waals surface area contributed by atoms with Gasteiger partial charge in [0.1, 0.15) is 11.6 Å². The Bertz CT molecular complexity index is 698. The first-order chi connectivity index (χ1) is 9.74. The molecule has 0 aliphatic carbocycles. The summed E-state index contributed by atoms with van der Waals surface area (Å²) in [5.74, 6) is 1.38. The molecule has 0 bridgehead atoms. The van der Waals surface area contributed by atoms with E-state index in [-0.39, 0.29) is 5.69 Å². The minimum absolute atomic E-state index is 0.253. The predicted molar refractivity (Wildman–Crippen MR) is 77.0 cm³/mol. The predicted octanol–water partition coefficient (Wildman–Crippen LogP) is 0.448. The third-order valence-electron chi connectivity index (χ3n) is 3.48. The first-order valence-corrected chi connectivity index (χ1v) is 6.81. The lowest BCUT2D eigenvalue weighted by Gasteiger charge is -2.14. The number of hydrogen-bond acceptors (Lipinski definition) is 5. The van der Waals surface area contributed by atoms with E-state index in [1.165, 1.54) is 9.97 Å². The van der Waals surface area contributed by atoms with E-state index in [1.807, 2.05) is 0 Å². The normalized spacial score (nSPS) is 15.3. The highest BCUT2D eigenvalue weighted by Crippen LogP contribution is 2.11. The number of hydrogen-bond donors (Lipinski definition) is 3. The van der Waals surface area contributed by atoms with Crippen LogP contribution < -0.4 is 16.3 Å². The molecule has 3 N–H and O–H groups in total. The molecule has 0 unspecified atom stereocenters. The summed E-state index contributed by atoms with van der Waals surface area (Å²) in [4.78, 5) is 15.9. The summed E-state index contributed by atoms with van der Waals surface area (Å²) in [7, 11) is 0. The van der Waals surface area contributed by atoms with Crippen molar-refractivity contribution in [2.45, 2.75) is 19.8 Å². The Hall–Kier alpha value is -2.15. The van der Waals surface area contributed by atoms with E-state index in [1.54, 1.807) is 13.0 Å². The van der Waals surface area contributed by atoms with Gasteiger partial charge in [0, 0.05) is 19.2 Å². The molecule has 3 heterocycles. The van der Waals surface area contributed by atoms with Crippen molar-refractivity contribution in [3.05, 3.63) is 34.0 Å². The van der Waals surface area contributed by atoms with Crippen LogP contribution in [0.25, 0.3) is 5.65 Å². The molecule has 20 heavy (non-hydrogen) atoms. The topological polar surface area (TPSA) is 87.1 Å². The number of aromatic amines is 1. The third kappa shape index (κ3) is 2.57. The minimum atomic E-state index is -0.253. The molecule has 7 heteroatoms. The monoisotopic (exact) mass is 274 g/mol. The number of H-pyrrole nitrogens is 1. The number of rotatable bonds is 4. The number of anilines is 1. The molecule has 106 valence electrons. The van der Waals surface area contributed by atoms with E-state index in [2.05, 4.69) is 31.9 Å². The maximum Gasteiger partial charge on any atom is 0.349 e. The van der Waals surface area contributed by atoms with Gasteiger partial charge in [0.25, 0.3) is 0 Å². The molecule has 0 fully saturated rings. The van der Waals surface area contributed by atoms with Crippen LogP contribution in [-0.4, -0.2) is 39.2 Å². The highest BCUT2D eigenvalue weighted by molar-refractivity contribution is 5.49. The maximum atomic E-state index is 11.5. The zero-order valence-electron chi connectivity index (χ0n) is 11.4. The summed E-state index contributed by atoms with van der Waals surface area (Å²) in [5, 5.41) is 13.0. The zero-order chi connectivity index (χ0) is 13.9. The number of fused-ring (bicyclic) bond motifs is 1. The average molecular weight is 274 g/mol. The Morgan fingerprint density at radius 3 is 3.20 bits per heavy atom. The van der Waals surface area contributed by atoms with Crippen molar-refractivity contribution in [3.63, 3.8) is 0 Å². The lowest BCUT2D eigenvalue weighted by molar-refractivity contribution is 0.683. The molecule has 2 aromatic rings. The van der Waals surface area contributed by atoms with Crippen molar-refractivity contribution in [2.75, 3.05) is 25.0 Å². The molecule has 0 spiro atoms. The van der Waals surface area contributed by atoms with Crippen molar-refractivity contribution in [2.24, 2.45) is 0 Å². The molecule has 0 saturated carbocycles. The van der Waals surface area contributed by atoms with Crippen LogP contribution in [0.1, 0.15) is 18.7 Å². The van der Waals surface area contributed by atoms with Crippen molar-refractivity contribution >= 4 is 11.5 Å². The number of nitrogens with zero attached hydrogens (tertiary/aromatic N) is 3. The molecule has 1 aliphatic heterocycles. The van der Waals surface area contributed by atoms with Gasteiger partial charge < -0.3 is 10.6 Å². The number of nitrogens with one attached hydrogen (secondary N) is 3. The van der Waals surface area contributed by atoms with E-state index < -0.39 is 0 Å². The molecule has 0 saturated heterocycles. The van der Waals surface area contributed by atoms with Gasteiger partial charge in [-0.3, -0.25) is 0 Å². The Labute approximate surface area is 116 Å². The van der Waals surface area contributed by atoms with Gasteiger partial charge in [0.05, 0.1) is 0 Å². The number of aromatic nitrogens is 4. The van der Waals surface area contributed by atoms with Crippen molar-refractivity contribution < 1.29 is 0 Å². The fraction of sp³-hybridized carbons (Fsp3) is 0.462. The SMILES string of the molecule is Cc1nc(NCCC2=CCNCC2)cc2n[nH]c(=O)n12. The van der Waals surface area contributed by atoms with Gasteiger partial charge in [-0.05, 0) is 26.3 Å². The molecular formula is C13H18N6O. The van der Waals surface area contributed by atoms with E-state index in [0.717, 1.165) is 38.3 Å². The molecule has 0 amide bonds. The number of aryl methyl sites for hydroxylation is 1. The summed E-state index contributed by atoms with van der Waals surface area (Å²) < 4.78 is 1.46. The van der Waals surface area contributed by atoms with E-state index >= 15 is 0 Å². The third-order valence-corrected chi connectivity index (χ3v) is 3.48. The summed E-state index contributed by atoms with van der Waals surface area (Å²) in [6.07, 6.45) is 4.38. The van der Waals surface area contributed by atoms with E-state index in [9.17, 15) is 4.79 Å². The van der Waals surface area contributed by atoms with Crippen molar-refractivity contribution in [1.29, 1.82) is 0 Å². The summed E-state index contributed by atoms with van der Waals surface area (Å²) in [6, 6.07) is 1.78. The second-order valence-corrected chi connectivity index (χ2v) is 4.90. The Kier molecular flexibility index (Phi) is 3.51. The fourth-order valence-electron chi connectivity index (χ4n) is 2.44. The molecule has 0 aromatic carbocycles. The molecule has 0 radical (unpaired) electrons. The Balaban J connectivity index is 1.68. The van der Waals surface area contributed by atoms with Gasteiger partial charge in [-0.1, -0.05) is 11.6 Å². The summed E-state index contributed by atoms with van der Waals surface area (Å²) >= 11 is 0. The minimum Gasteiger partial charge on any atom is -0.370 e. The highest BCUT2D eigenvalue weighted by Gasteiger charge is 2.07. The molecule has 2 aromatic heterocycles. The maximum absolute atomic E-state index is 11.5. The van der Waals surface area contributed by atoms with Crippen LogP contribution in [0.4, 0.5) is 5.82 Å². The zero-order valence-corrected chi connectivity index (χ0v) is 11.4. The van der Waals surface area contributed by atoms with Crippen molar-refractivity contribution in [3.8, 4) is 0 Å². The lowest BCUT2D eigenvalue weighted by Crippen LogP contribution is -2.21. The largest absolute Gasteiger partial charge is 0.370 e.